The molecule has 1 aliphatic heterocycles. The summed E-state index contributed by atoms with van der Waals surface area (Å²) in [6.07, 6.45) is 3.34. The van der Waals surface area contributed by atoms with E-state index in [1.54, 1.807) is 18.5 Å². The standard InChI is InChI=1S/C18H33N5O3S.ClH/c1-13(2)10-18(4,12-19)21-17(24)15-6-8-23(9-7-15)27(25,26)16-11-22(5)14(3)20-16;/h11,13,15H,6-10,12,19H2,1-5H3,(H,21,24);1H. The Bertz CT molecular complexity index is 753. The lowest BCUT2D eigenvalue weighted by Crippen LogP contribution is -2.55. The highest BCUT2D eigenvalue weighted by molar-refractivity contribution is 7.89. The van der Waals surface area contributed by atoms with E-state index in [1.807, 2.05) is 6.92 Å². The summed E-state index contributed by atoms with van der Waals surface area (Å²) >= 11 is 0. The van der Waals surface area contributed by atoms with E-state index in [1.165, 1.54) is 10.5 Å². The lowest BCUT2D eigenvalue weighted by Gasteiger charge is -2.35. The van der Waals surface area contributed by atoms with Gasteiger partial charge in [0.25, 0.3) is 10.0 Å². The van der Waals surface area contributed by atoms with E-state index in [-0.39, 0.29) is 29.3 Å². The molecule has 1 aromatic heterocycles. The molecule has 1 atom stereocenters. The topological polar surface area (TPSA) is 110 Å². The predicted molar refractivity (Wildman–Crippen MR) is 112 cm³/mol. The zero-order valence-electron chi connectivity index (χ0n) is 17.4. The normalized spacial score (nSPS) is 18.5. The Hall–Kier alpha value is -1.16. The molecule has 1 unspecified atom stereocenters. The zero-order valence-corrected chi connectivity index (χ0v) is 19.1. The first-order valence-electron chi connectivity index (χ1n) is 9.50. The average molecular weight is 436 g/mol. The SMILES string of the molecule is Cc1nc(S(=O)(=O)N2CCC(C(=O)NC(C)(CN)CC(C)C)CC2)cn1C.Cl. The number of aryl methyl sites for hydroxylation is 2. The predicted octanol–water partition coefficient (Wildman–Crippen LogP) is 1.43. The summed E-state index contributed by atoms with van der Waals surface area (Å²) in [5, 5.41) is 3.16. The number of carbonyl (C=O) groups is 1. The minimum atomic E-state index is -3.62. The van der Waals surface area contributed by atoms with Gasteiger partial charge in [-0.05, 0) is 39.0 Å². The molecule has 0 aliphatic carbocycles. The Kier molecular flexibility index (Phi) is 8.49. The van der Waals surface area contributed by atoms with Crippen LogP contribution in [0.2, 0.25) is 0 Å². The Labute approximate surface area is 174 Å². The molecule has 3 N–H and O–H groups in total. The quantitative estimate of drug-likeness (QED) is 0.673. The second-order valence-electron chi connectivity index (χ2n) is 8.27. The van der Waals surface area contributed by atoms with Gasteiger partial charge in [0.15, 0.2) is 5.03 Å². The Morgan fingerprint density at radius 1 is 1.39 bits per heavy atom. The Morgan fingerprint density at radius 3 is 2.39 bits per heavy atom. The van der Waals surface area contributed by atoms with Crippen molar-refractivity contribution in [3.63, 3.8) is 0 Å². The van der Waals surface area contributed by atoms with Crippen LogP contribution in [0, 0.1) is 18.8 Å². The van der Waals surface area contributed by atoms with Gasteiger partial charge in [-0.15, -0.1) is 12.4 Å². The van der Waals surface area contributed by atoms with Gasteiger partial charge in [-0.25, -0.2) is 13.4 Å². The summed E-state index contributed by atoms with van der Waals surface area (Å²) in [6, 6.07) is 0. The number of nitrogens with two attached hydrogens (primary N) is 1. The fourth-order valence-corrected chi connectivity index (χ4v) is 5.12. The fraction of sp³-hybridized carbons (Fsp3) is 0.778. The third kappa shape index (κ3) is 5.68. The van der Waals surface area contributed by atoms with Gasteiger partial charge in [0.2, 0.25) is 5.91 Å². The number of halogens is 1. The highest BCUT2D eigenvalue weighted by Gasteiger charge is 2.35. The summed E-state index contributed by atoms with van der Waals surface area (Å²) in [6.45, 7) is 8.95. The Balaban J connectivity index is 0.00000392. The third-order valence-corrected chi connectivity index (χ3v) is 7.02. The molecule has 0 aromatic carbocycles. The van der Waals surface area contributed by atoms with Crippen LogP contribution in [0.25, 0.3) is 0 Å². The van der Waals surface area contributed by atoms with E-state index in [9.17, 15) is 13.2 Å². The minimum absolute atomic E-state index is 0. The van der Waals surface area contributed by atoms with Crippen molar-refractivity contribution in [1.82, 2.24) is 19.2 Å². The number of amides is 1. The highest BCUT2D eigenvalue weighted by Crippen LogP contribution is 2.25. The van der Waals surface area contributed by atoms with Crippen molar-refractivity contribution in [2.24, 2.45) is 24.6 Å². The minimum Gasteiger partial charge on any atom is -0.349 e. The molecule has 0 spiro atoms. The molecule has 1 amide bonds. The van der Waals surface area contributed by atoms with Gasteiger partial charge in [-0.1, -0.05) is 13.8 Å². The van der Waals surface area contributed by atoms with Crippen LogP contribution in [0.15, 0.2) is 11.2 Å². The summed E-state index contributed by atoms with van der Waals surface area (Å²) in [7, 11) is -1.85. The van der Waals surface area contributed by atoms with Crippen LogP contribution in [-0.4, -0.2) is 53.4 Å². The van der Waals surface area contributed by atoms with Crippen LogP contribution in [0.3, 0.4) is 0 Å². The number of imidazole rings is 1. The van der Waals surface area contributed by atoms with Gasteiger partial charge in [0.1, 0.15) is 5.82 Å². The van der Waals surface area contributed by atoms with Crippen molar-refractivity contribution in [3.8, 4) is 0 Å². The molecule has 0 bridgehead atoms. The summed E-state index contributed by atoms with van der Waals surface area (Å²) in [4.78, 5) is 16.8. The zero-order chi connectivity index (χ0) is 20.4. The summed E-state index contributed by atoms with van der Waals surface area (Å²) in [5.74, 6) is 0.844. The number of hydrogen-bond donors (Lipinski definition) is 2. The molecule has 28 heavy (non-hydrogen) atoms. The van der Waals surface area contributed by atoms with Crippen molar-refractivity contribution in [3.05, 3.63) is 12.0 Å². The molecular formula is C18H34ClN5O3S. The first-order valence-corrected chi connectivity index (χ1v) is 10.9. The summed E-state index contributed by atoms with van der Waals surface area (Å²) < 4.78 is 28.6. The maximum atomic E-state index is 12.8. The van der Waals surface area contributed by atoms with E-state index in [0.29, 0.717) is 44.2 Å². The monoisotopic (exact) mass is 435 g/mol. The second kappa shape index (κ2) is 9.56. The van der Waals surface area contributed by atoms with Crippen molar-refractivity contribution >= 4 is 28.3 Å². The molecule has 1 fully saturated rings. The third-order valence-electron chi connectivity index (χ3n) is 5.25. The number of aromatic nitrogens is 2. The molecule has 0 saturated carbocycles. The molecule has 1 saturated heterocycles. The molecule has 10 heteroatoms. The molecule has 2 heterocycles. The van der Waals surface area contributed by atoms with E-state index in [2.05, 4.69) is 24.1 Å². The van der Waals surface area contributed by atoms with Crippen LogP contribution in [0.5, 0.6) is 0 Å². The Morgan fingerprint density at radius 2 is 1.96 bits per heavy atom. The molecule has 0 radical (unpaired) electrons. The van der Waals surface area contributed by atoms with Gasteiger partial charge < -0.3 is 15.6 Å². The first kappa shape index (κ1) is 24.9. The van der Waals surface area contributed by atoms with E-state index in [0.717, 1.165) is 6.42 Å². The van der Waals surface area contributed by atoms with Crippen molar-refractivity contribution in [1.29, 1.82) is 0 Å². The fourth-order valence-electron chi connectivity index (χ4n) is 3.63. The van der Waals surface area contributed by atoms with E-state index in [4.69, 9.17) is 5.73 Å². The van der Waals surface area contributed by atoms with E-state index < -0.39 is 15.6 Å². The number of sulfonamides is 1. The first-order chi connectivity index (χ1) is 12.5. The molecule has 1 aromatic rings. The van der Waals surface area contributed by atoms with Gasteiger partial charge in [-0.3, -0.25) is 4.79 Å². The number of piperidine rings is 1. The number of hydrogen-bond acceptors (Lipinski definition) is 5. The lowest BCUT2D eigenvalue weighted by molar-refractivity contribution is -0.128. The van der Waals surface area contributed by atoms with Crippen LogP contribution in [0.1, 0.15) is 45.9 Å². The van der Waals surface area contributed by atoms with Crippen LogP contribution in [-0.2, 0) is 21.9 Å². The maximum absolute atomic E-state index is 12.8. The smallest absolute Gasteiger partial charge is 0.262 e. The second-order valence-corrected chi connectivity index (χ2v) is 10.2. The van der Waals surface area contributed by atoms with Gasteiger partial charge in [-0.2, -0.15) is 4.31 Å². The van der Waals surface area contributed by atoms with Crippen LogP contribution < -0.4 is 11.1 Å². The van der Waals surface area contributed by atoms with E-state index >= 15 is 0 Å². The molecule has 2 rings (SSSR count). The van der Waals surface area contributed by atoms with Crippen LogP contribution >= 0.6 is 12.4 Å². The van der Waals surface area contributed by atoms with Gasteiger partial charge in [0, 0.05) is 44.3 Å². The number of nitrogens with one attached hydrogen (secondary N) is 1. The average Bonchev–Trinajstić information content (AvgIpc) is 2.94. The highest BCUT2D eigenvalue weighted by atomic mass is 35.5. The van der Waals surface area contributed by atoms with Crippen molar-refractivity contribution in [2.45, 2.75) is 57.5 Å². The molecule has 1 aliphatic rings. The van der Waals surface area contributed by atoms with Crippen molar-refractivity contribution < 1.29 is 13.2 Å². The molecule has 8 nitrogen and oxygen atoms in total. The number of carbonyl (C=O) groups excluding carboxylic acids is 1. The molecule has 162 valence electrons. The van der Waals surface area contributed by atoms with Gasteiger partial charge >= 0.3 is 0 Å². The summed E-state index contributed by atoms with van der Waals surface area (Å²) in [5.41, 5.74) is 5.45. The maximum Gasteiger partial charge on any atom is 0.262 e. The van der Waals surface area contributed by atoms with Crippen molar-refractivity contribution in [2.75, 3.05) is 19.6 Å². The molecular weight excluding hydrogens is 402 g/mol. The van der Waals surface area contributed by atoms with Crippen LogP contribution in [0.4, 0.5) is 0 Å². The lowest BCUT2D eigenvalue weighted by atomic mass is 9.89. The number of nitrogens with zero attached hydrogens (tertiary/aromatic N) is 3. The largest absolute Gasteiger partial charge is 0.349 e. The number of rotatable bonds is 7. The van der Waals surface area contributed by atoms with Gasteiger partial charge in [0.05, 0.1) is 0 Å².